The van der Waals surface area contributed by atoms with Crippen molar-refractivity contribution in [2.24, 2.45) is 0 Å². The molecule has 0 aliphatic heterocycles. The number of aromatic nitrogens is 1. The molecular weight excluding hydrogens is 336 g/mol. The number of carbonyl (C=O) groups is 1. The number of aromatic carboxylic acids is 1. The average Bonchev–Trinajstić information content (AvgIpc) is 2.68. The van der Waals surface area contributed by atoms with Gasteiger partial charge in [-0.3, -0.25) is 4.72 Å². The summed E-state index contributed by atoms with van der Waals surface area (Å²) in [6.45, 7) is 3.33. The van der Waals surface area contributed by atoms with Gasteiger partial charge in [0.2, 0.25) is 0 Å². The van der Waals surface area contributed by atoms with Crippen LogP contribution in [0.1, 0.15) is 21.1 Å². The molecule has 0 aliphatic carbocycles. The Kier molecular flexibility index (Phi) is 4.22. The van der Waals surface area contributed by atoms with Gasteiger partial charge in [0.25, 0.3) is 10.0 Å². The maximum atomic E-state index is 12.3. The second-order valence-corrected chi connectivity index (χ2v) is 7.70. The number of carboxylic acids is 1. The molecule has 0 aliphatic rings. The first kappa shape index (κ1) is 15.7. The van der Waals surface area contributed by atoms with Crippen molar-refractivity contribution in [1.82, 2.24) is 4.98 Å². The molecule has 0 fully saturated rings. The van der Waals surface area contributed by atoms with Crippen molar-refractivity contribution < 1.29 is 18.3 Å². The molecule has 0 bridgehead atoms. The van der Waals surface area contributed by atoms with Gasteiger partial charge in [-0.2, -0.15) is 0 Å². The summed E-state index contributed by atoms with van der Waals surface area (Å²) in [6, 6.07) is 3.84. The molecule has 0 saturated carbocycles. The Balaban J connectivity index is 2.35. The molecule has 112 valence electrons. The highest BCUT2D eigenvalue weighted by Gasteiger charge is 2.21. The lowest BCUT2D eigenvalue weighted by Gasteiger charge is -2.08. The highest BCUT2D eigenvalue weighted by Crippen LogP contribution is 2.27. The molecule has 2 N–H and O–H groups in total. The zero-order valence-corrected chi connectivity index (χ0v) is 13.4. The van der Waals surface area contributed by atoms with E-state index in [2.05, 4.69) is 9.71 Å². The van der Waals surface area contributed by atoms with E-state index in [1.165, 1.54) is 18.2 Å². The number of nitrogens with one attached hydrogen (secondary N) is 1. The Morgan fingerprint density at radius 3 is 2.52 bits per heavy atom. The molecule has 21 heavy (non-hydrogen) atoms. The lowest BCUT2D eigenvalue weighted by molar-refractivity contribution is 0.0697. The molecule has 9 heteroatoms. The third-order valence-corrected chi connectivity index (χ3v) is 5.93. The number of benzene rings is 1. The predicted octanol–water partition coefficient (Wildman–Crippen LogP) is 2.91. The number of carboxylic acid groups (broad SMARTS) is 1. The van der Waals surface area contributed by atoms with E-state index in [4.69, 9.17) is 16.7 Å². The summed E-state index contributed by atoms with van der Waals surface area (Å²) in [7, 11) is -3.77. The topological polar surface area (TPSA) is 96.4 Å². The van der Waals surface area contributed by atoms with E-state index in [0.717, 1.165) is 11.3 Å². The zero-order chi connectivity index (χ0) is 15.8. The van der Waals surface area contributed by atoms with Crippen molar-refractivity contribution in [2.75, 3.05) is 4.72 Å². The normalized spacial score (nSPS) is 11.4. The summed E-state index contributed by atoms with van der Waals surface area (Å²) in [5.74, 6) is -1.18. The fourth-order valence-electron chi connectivity index (χ4n) is 1.72. The number of rotatable bonds is 4. The first-order valence-corrected chi connectivity index (χ1v) is 8.38. The summed E-state index contributed by atoms with van der Waals surface area (Å²) >= 11 is 6.87. The molecule has 1 aromatic carbocycles. The molecule has 0 spiro atoms. The van der Waals surface area contributed by atoms with E-state index in [0.29, 0.717) is 10.7 Å². The standard InChI is InChI=1S/C12H11ClN2O4S2/c1-6-12(20-7(2)14-6)21(18,19)15-8-3-4-9(11(16)17)10(13)5-8/h3-5,15H,1-2H3,(H,16,17). The molecule has 2 aromatic rings. The molecule has 6 nitrogen and oxygen atoms in total. The fraction of sp³-hybridized carbons (Fsp3) is 0.167. The monoisotopic (exact) mass is 346 g/mol. The quantitative estimate of drug-likeness (QED) is 0.887. The van der Waals surface area contributed by atoms with Crippen LogP contribution >= 0.6 is 22.9 Å². The van der Waals surface area contributed by atoms with Crippen molar-refractivity contribution >= 4 is 44.6 Å². The van der Waals surface area contributed by atoms with Crippen molar-refractivity contribution in [3.63, 3.8) is 0 Å². The van der Waals surface area contributed by atoms with Gasteiger partial charge in [-0.25, -0.2) is 18.2 Å². The van der Waals surface area contributed by atoms with Crippen LogP contribution in [0.3, 0.4) is 0 Å². The van der Waals surface area contributed by atoms with Crippen molar-refractivity contribution in [3.05, 3.63) is 39.5 Å². The smallest absolute Gasteiger partial charge is 0.337 e. The summed E-state index contributed by atoms with van der Waals surface area (Å²) in [5, 5.41) is 9.48. The second kappa shape index (κ2) is 5.63. The number of nitrogens with zero attached hydrogens (tertiary/aromatic N) is 1. The Bertz CT molecular complexity index is 815. The maximum Gasteiger partial charge on any atom is 0.337 e. The SMILES string of the molecule is Cc1nc(C)c(S(=O)(=O)Nc2ccc(C(=O)O)c(Cl)c2)s1. The van der Waals surface area contributed by atoms with Crippen LogP contribution in [0.2, 0.25) is 5.02 Å². The molecule has 0 atom stereocenters. The average molecular weight is 347 g/mol. The van der Waals surface area contributed by atoms with Gasteiger partial charge < -0.3 is 5.11 Å². The van der Waals surface area contributed by atoms with Crippen LogP contribution in [0.4, 0.5) is 5.69 Å². The van der Waals surface area contributed by atoms with E-state index < -0.39 is 16.0 Å². The molecule has 1 heterocycles. The number of hydrogen-bond acceptors (Lipinski definition) is 5. The highest BCUT2D eigenvalue weighted by atomic mass is 35.5. The molecule has 0 amide bonds. The van der Waals surface area contributed by atoms with Gasteiger partial charge in [0.05, 0.1) is 27.0 Å². The van der Waals surface area contributed by atoms with E-state index in [-0.39, 0.29) is 20.5 Å². The number of hydrogen-bond donors (Lipinski definition) is 2. The van der Waals surface area contributed by atoms with Crippen LogP contribution in [0.25, 0.3) is 0 Å². The largest absolute Gasteiger partial charge is 0.478 e. The maximum absolute atomic E-state index is 12.3. The number of sulfonamides is 1. The van der Waals surface area contributed by atoms with Crippen molar-refractivity contribution in [2.45, 2.75) is 18.1 Å². The second-order valence-electron chi connectivity index (χ2n) is 4.21. The Morgan fingerprint density at radius 2 is 2.05 bits per heavy atom. The number of anilines is 1. The first-order chi connectivity index (χ1) is 9.70. The molecular formula is C12H11ClN2O4S2. The van der Waals surface area contributed by atoms with Crippen molar-refractivity contribution in [3.8, 4) is 0 Å². The Morgan fingerprint density at radius 1 is 1.38 bits per heavy atom. The molecule has 1 aromatic heterocycles. The molecule has 0 saturated heterocycles. The number of halogens is 1. The van der Waals surface area contributed by atoms with Crippen LogP contribution in [0.15, 0.2) is 22.4 Å². The first-order valence-electron chi connectivity index (χ1n) is 5.70. The lowest BCUT2D eigenvalue weighted by Crippen LogP contribution is -2.13. The van der Waals surface area contributed by atoms with Crippen LogP contribution in [-0.2, 0) is 10.0 Å². The van der Waals surface area contributed by atoms with Gasteiger partial charge in [-0.05, 0) is 32.0 Å². The highest BCUT2D eigenvalue weighted by molar-refractivity contribution is 7.94. The van der Waals surface area contributed by atoms with Gasteiger partial charge >= 0.3 is 5.97 Å². The Labute approximate surface area is 130 Å². The van der Waals surface area contributed by atoms with Crippen LogP contribution in [-0.4, -0.2) is 24.5 Å². The minimum absolute atomic E-state index is 0.0418. The van der Waals surface area contributed by atoms with Gasteiger partial charge in [-0.1, -0.05) is 11.6 Å². The van der Waals surface area contributed by atoms with Crippen molar-refractivity contribution in [1.29, 1.82) is 0 Å². The molecule has 0 radical (unpaired) electrons. The van der Waals surface area contributed by atoms with E-state index >= 15 is 0 Å². The van der Waals surface area contributed by atoms with Gasteiger partial charge in [0, 0.05) is 0 Å². The van der Waals surface area contributed by atoms with Gasteiger partial charge in [0.1, 0.15) is 0 Å². The molecule has 2 rings (SSSR count). The summed E-state index contributed by atoms with van der Waals surface area (Å²) < 4.78 is 27.0. The number of aryl methyl sites for hydroxylation is 2. The fourth-order valence-corrected chi connectivity index (χ4v) is 4.51. The third-order valence-electron chi connectivity index (χ3n) is 2.56. The van der Waals surface area contributed by atoms with Crippen LogP contribution in [0, 0.1) is 13.8 Å². The number of thiazole rings is 1. The van der Waals surface area contributed by atoms with Gasteiger partial charge in [0.15, 0.2) is 4.21 Å². The minimum Gasteiger partial charge on any atom is -0.478 e. The van der Waals surface area contributed by atoms with Crippen LogP contribution in [0.5, 0.6) is 0 Å². The van der Waals surface area contributed by atoms with Gasteiger partial charge in [-0.15, -0.1) is 11.3 Å². The Hall–Kier alpha value is -1.64. The third kappa shape index (κ3) is 3.34. The van der Waals surface area contributed by atoms with Crippen LogP contribution < -0.4 is 4.72 Å². The molecule has 0 unspecified atom stereocenters. The predicted molar refractivity (Wildman–Crippen MR) is 80.8 cm³/mol. The van der Waals surface area contributed by atoms with E-state index in [9.17, 15) is 13.2 Å². The zero-order valence-electron chi connectivity index (χ0n) is 11.0. The summed E-state index contributed by atoms with van der Waals surface area (Å²) in [5.41, 5.74) is 0.512. The van der Waals surface area contributed by atoms with E-state index in [1.807, 2.05) is 0 Å². The summed E-state index contributed by atoms with van der Waals surface area (Å²) in [4.78, 5) is 14.9. The summed E-state index contributed by atoms with van der Waals surface area (Å²) in [6.07, 6.45) is 0. The van der Waals surface area contributed by atoms with E-state index in [1.54, 1.807) is 13.8 Å². The lowest BCUT2D eigenvalue weighted by atomic mass is 10.2. The minimum atomic E-state index is -3.77.